The summed E-state index contributed by atoms with van der Waals surface area (Å²) in [4.78, 5) is 30.3. The van der Waals surface area contributed by atoms with Gasteiger partial charge < -0.3 is 15.4 Å². The maximum Gasteiger partial charge on any atom is 0.261 e. The van der Waals surface area contributed by atoms with Crippen LogP contribution in [0.4, 0.5) is 11.4 Å². The smallest absolute Gasteiger partial charge is 0.261 e. The first-order chi connectivity index (χ1) is 15.0. The number of para-hydroxylation sites is 1. The lowest BCUT2D eigenvalue weighted by Crippen LogP contribution is -2.18. The van der Waals surface area contributed by atoms with Gasteiger partial charge in [-0.15, -0.1) is 0 Å². The number of ether oxygens (including phenoxy) is 1. The summed E-state index contributed by atoms with van der Waals surface area (Å²) in [5.74, 6) is -0.117. The van der Waals surface area contributed by atoms with Gasteiger partial charge in [0.25, 0.3) is 11.8 Å². The summed E-state index contributed by atoms with van der Waals surface area (Å²) >= 11 is 0. The zero-order valence-corrected chi connectivity index (χ0v) is 17.3. The van der Waals surface area contributed by atoms with Crippen LogP contribution in [-0.4, -0.2) is 33.5 Å². The Kier molecular flexibility index (Phi) is 5.36. The van der Waals surface area contributed by atoms with E-state index in [-0.39, 0.29) is 5.91 Å². The first-order valence-electron chi connectivity index (χ1n) is 9.64. The molecule has 0 aliphatic rings. The number of rotatable bonds is 5. The molecule has 0 spiro atoms. The van der Waals surface area contributed by atoms with Crippen molar-refractivity contribution in [3.63, 3.8) is 0 Å². The van der Waals surface area contributed by atoms with Gasteiger partial charge in [0.2, 0.25) is 0 Å². The zero-order valence-electron chi connectivity index (χ0n) is 17.3. The Bertz CT molecular complexity index is 1300. The molecular formula is C23H21N5O3. The van der Waals surface area contributed by atoms with Crippen molar-refractivity contribution in [2.45, 2.75) is 13.8 Å². The molecule has 0 atom stereocenters. The number of carbonyl (C=O) groups excluding carboxylic acids is 2. The van der Waals surface area contributed by atoms with E-state index in [4.69, 9.17) is 4.74 Å². The average Bonchev–Trinajstić information content (AvgIpc) is 3.18. The van der Waals surface area contributed by atoms with Gasteiger partial charge in [-0.3, -0.25) is 9.59 Å². The fraction of sp³-hybridized carbons (Fsp3) is 0.130. The van der Waals surface area contributed by atoms with Crippen LogP contribution in [0.1, 0.15) is 32.1 Å². The van der Waals surface area contributed by atoms with Crippen molar-refractivity contribution in [2.75, 3.05) is 17.7 Å². The molecule has 0 saturated heterocycles. The SMILES string of the molecule is COc1cccc(NC(=O)c2ccccc2NC(=O)c2cnn3c(C)cc(C)nc23)c1. The number of aromatic nitrogens is 3. The van der Waals surface area contributed by atoms with E-state index < -0.39 is 5.91 Å². The highest BCUT2D eigenvalue weighted by Crippen LogP contribution is 2.22. The number of fused-ring (bicyclic) bond motifs is 1. The topological polar surface area (TPSA) is 97.6 Å². The highest BCUT2D eigenvalue weighted by atomic mass is 16.5. The number of amides is 2. The van der Waals surface area contributed by atoms with Gasteiger partial charge >= 0.3 is 0 Å². The van der Waals surface area contributed by atoms with Crippen molar-refractivity contribution >= 4 is 28.8 Å². The molecule has 4 aromatic rings. The second-order valence-corrected chi connectivity index (χ2v) is 7.02. The van der Waals surface area contributed by atoms with Crippen molar-refractivity contribution in [3.8, 4) is 5.75 Å². The molecule has 0 aliphatic carbocycles. The second kappa shape index (κ2) is 8.27. The quantitative estimate of drug-likeness (QED) is 0.516. The first-order valence-corrected chi connectivity index (χ1v) is 9.64. The molecule has 2 N–H and O–H groups in total. The summed E-state index contributed by atoms with van der Waals surface area (Å²) in [5.41, 5.74) is 3.76. The molecule has 31 heavy (non-hydrogen) atoms. The van der Waals surface area contributed by atoms with Crippen LogP contribution in [0.15, 0.2) is 60.8 Å². The Morgan fingerprint density at radius 1 is 0.935 bits per heavy atom. The van der Waals surface area contributed by atoms with Crippen molar-refractivity contribution in [1.82, 2.24) is 14.6 Å². The third kappa shape index (κ3) is 4.09. The molecule has 0 saturated carbocycles. The van der Waals surface area contributed by atoms with Gasteiger partial charge in [0, 0.05) is 23.1 Å². The minimum Gasteiger partial charge on any atom is -0.497 e. The standard InChI is InChI=1S/C23H21N5O3/c1-14-11-15(2)28-21(25-14)19(13-24-28)23(30)27-20-10-5-4-9-18(20)22(29)26-16-7-6-8-17(12-16)31-3/h4-13H,1-3H3,(H,26,29)(H,27,30). The number of carbonyl (C=O) groups is 2. The number of nitrogens with one attached hydrogen (secondary N) is 2. The lowest BCUT2D eigenvalue weighted by molar-refractivity contribution is 0.102. The summed E-state index contributed by atoms with van der Waals surface area (Å²) in [6, 6.07) is 15.7. The molecule has 2 heterocycles. The minimum atomic E-state index is -0.394. The maximum atomic E-state index is 13.0. The van der Waals surface area contributed by atoms with E-state index in [9.17, 15) is 9.59 Å². The van der Waals surface area contributed by atoms with E-state index in [2.05, 4.69) is 20.7 Å². The van der Waals surface area contributed by atoms with Crippen molar-refractivity contribution < 1.29 is 14.3 Å². The monoisotopic (exact) mass is 415 g/mol. The van der Waals surface area contributed by atoms with Crippen LogP contribution >= 0.6 is 0 Å². The van der Waals surface area contributed by atoms with E-state index in [1.54, 1.807) is 60.2 Å². The summed E-state index contributed by atoms with van der Waals surface area (Å²) in [6.45, 7) is 3.76. The van der Waals surface area contributed by atoms with Crippen LogP contribution in [0, 0.1) is 13.8 Å². The number of hydrogen-bond acceptors (Lipinski definition) is 5. The lowest BCUT2D eigenvalue weighted by Gasteiger charge is -2.12. The fourth-order valence-corrected chi connectivity index (χ4v) is 3.31. The van der Waals surface area contributed by atoms with Crippen molar-refractivity contribution in [3.05, 3.63) is 83.3 Å². The van der Waals surface area contributed by atoms with Gasteiger partial charge in [0.1, 0.15) is 11.3 Å². The van der Waals surface area contributed by atoms with Gasteiger partial charge in [0.05, 0.1) is 24.6 Å². The molecule has 0 aliphatic heterocycles. The van der Waals surface area contributed by atoms with Gasteiger partial charge in [0.15, 0.2) is 5.65 Å². The summed E-state index contributed by atoms with van der Waals surface area (Å²) in [5, 5.41) is 9.90. The van der Waals surface area contributed by atoms with Crippen LogP contribution in [0.2, 0.25) is 0 Å². The average molecular weight is 415 g/mol. The first kappa shape index (κ1) is 20.1. The molecule has 2 aromatic heterocycles. The van der Waals surface area contributed by atoms with E-state index in [0.29, 0.717) is 33.9 Å². The molecular weight excluding hydrogens is 394 g/mol. The molecule has 0 radical (unpaired) electrons. The van der Waals surface area contributed by atoms with Gasteiger partial charge in [-0.05, 0) is 44.2 Å². The predicted octanol–water partition coefficient (Wildman–Crippen LogP) is 3.86. The highest BCUT2D eigenvalue weighted by molar-refractivity contribution is 6.13. The molecule has 0 fully saturated rings. The predicted molar refractivity (Wildman–Crippen MR) is 118 cm³/mol. The minimum absolute atomic E-state index is 0.329. The second-order valence-electron chi connectivity index (χ2n) is 7.02. The molecule has 2 amide bonds. The number of aryl methyl sites for hydroxylation is 2. The normalized spacial score (nSPS) is 10.7. The van der Waals surface area contributed by atoms with Crippen molar-refractivity contribution in [1.29, 1.82) is 0 Å². The molecule has 4 rings (SSSR count). The molecule has 2 aromatic carbocycles. The van der Waals surface area contributed by atoms with E-state index in [1.165, 1.54) is 6.20 Å². The third-order valence-corrected chi connectivity index (χ3v) is 4.77. The lowest BCUT2D eigenvalue weighted by atomic mass is 10.1. The number of hydrogen-bond donors (Lipinski definition) is 2. The Hall–Kier alpha value is -4.20. The number of methoxy groups -OCH3 is 1. The van der Waals surface area contributed by atoms with Crippen LogP contribution in [0.25, 0.3) is 5.65 Å². The van der Waals surface area contributed by atoms with Gasteiger partial charge in [-0.1, -0.05) is 18.2 Å². The Morgan fingerprint density at radius 2 is 1.71 bits per heavy atom. The molecule has 156 valence electrons. The number of anilines is 2. The molecule has 8 heteroatoms. The fourth-order valence-electron chi connectivity index (χ4n) is 3.31. The third-order valence-electron chi connectivity index (χ3n) is 4.77. The Balaban J connectivity index is 1.60. The highest BCUT2D eigenvalue weighted by Gasteiger charge is 2.19. The van der Waals surface area contributed by atoms with E-state index in [1.807, 2.05) is 19.9 Å². The van der Waals surface area contributed by atoms with Crippen LogP contribution in [0.5, 0.6) is 5.75 Å². The largest absolute Gasteiger partial charge is 0.497 e. The molecule has 0 bridgehead atoms. The van der Waals surface area contributed by atoms with Crippen LogP contribution < -0.4 is 15.4 Å². The van der Waals surface area contributed by atoms with Crippen LogP contribution in [-0.2, 0) is 0 Å². The van der Waals surface area contributed by atoms with Crippen molar-refractivity contribution in [2.24, 2.45) is 0 Å². The summed E-state index contributed by atoms with van der Waals surface area (Å²) in [6.07, 6.45) is 1.48. The van der Waals surface area contributed by atoms with E-state index in [0.717, 1.165) is 11.4 Å². The number of benzene rings is 2. The van der Waals surface area contributed by atoms with Crippen LogP contribution in [0.3, 0.4) is 0 Å². The number of nitrogens with zero attached hydrogens (tertiary/aromatic N) is 3. The maximum absolute atomic E-state index is 13.0. The molecule has 0 unspecified atom stereocenters. The van der Waals surface area contributed by atoms with E-state index >= 15 is 0 Å². The Morgan fingerprint density at radius 3 is 2.52 bits per heavy atom. The van der Waals surface area contributed by atoms with Gasteiger partial charge in [-0.2, -0.15) is 5.10 Å². The van der Waals surface area contributed by atoms with Gasteiger partial charge in [-0.25, -0.2) is 9.50 Å². The Labute approximate surface area is 178 Å². The summed E-state index contributed by atoms with van der Waals surface area (Å²) < 4.78 is 6.80. The molecule has 8 nitrogen and oxygen atoms in total. The summed E-state index contributed by atoms with van der Waals surface area (Å²) in [7, 11) is 1.56. The zero-order chi connectivity index (χ0) is 22.0.